The Hall–Kier alpha value is -2.57. The monoisotopic (exact) mass is 489 g/mol. The molecule has 0 saturated carbocycles. The van der Waals surface area contributed by atoms with Crippen molar-refractivity contribution in [3.8, 4) is 0 Å². The van der Waals surface area contributed by atoms with Gasteiger partial charge in [0.15, 0.2) is 0 Å². The Morgan fingerprint density at radius 2 is 1.54 bits per heavy atom. The van der Waals surface area contributed by atoms with Crippen molar-refractivity contribution in [3.63, 3.8) is 0 Å². The van der Waals surface area contributed by atoms with Gasteiger partial charge >= 0.3 is 6.09 Å². The molecule has 2 unspecified atom stereocenters. The largest absolute Gasteiger partial charge is 0.444 e. The highest BCUT2D eigenvalue weighted by atomic mass is 16.6. The maximum Gasteiger partial charge on any atom is 0.408 e. The van der Waals surface area contributed by atoms with Gasteiger partial charge in [-0.2, -0.15) is 0 Å². The molecule has 0 aliphatic carbocycles. The topological polar surface area (TPSA) is 87.7 Å². The summed E-state index contributed by atoms with van der Waals surface area (Å²) in [6.45, 7) is 19.4. The molecule has 3 amide bonds. The molecule has 0 aliphatic heterocycles. The second-order valence-corrected chi connectivity index (χ2v) is 11.0. The Kier molecular flexibility index (Phi) is 11.7. The zero-order valence-electron chi connectivity index (χ0n) is 23.5. The molecular formula is C28H47N3O4. The number of alkyl carbamates (subject to hydrolysis) is 1. The Morgan fingerprint density at radius 1 is 0.971 bits per heavy atom. The van der Waals surface area contributed by atoms with E-state index in [1.807, 2.05) is 59.7 Å². The minimum Gasteiger partial charge on any atom is -0.444 e. The average molecular weight is 490 g/mol. The van der Waals surface area contributed by atoms with E-state index in [4.69, 9.17) is 4.74 Å². The molecule has 0 bridgehead atoms. The SMILES string of the molecule is CCCCCN(C(=O)C(NC(=O)OC(C)(C)C)C(C)C)C(C(=O)NC(C)C)c1c(C)cccc1C. The van der Waals surface area contributed by atoms with Gasteiger partial charge in [-0.1, -0.05) is 51.8 Å². The summed E-state index contributed by atoms with van der Waals surface area (Å²) in [5.41, 5.74) is 2.04. The van der Waals surface area contributed by atoms with Crippen molar-refractivity contribution in [2.75, 3.05) is 6.54 Å². The molecule has 0 aliphatic rings. The molecule has 1 aromatic rings. The van der Waals surface area contributed by atoms with Crippen molar-refractivity contribution in [2.24, 2.45) is 5.92 Å². The lowest BCUT2D eigenvalue weighted by atomic mass is 9.92. The fourth-order valence-electron chi connectivity index (χ4n) is 4.08. The van der Waals surface area contributed by atoms with E-state index in [1.54, 1.807) is 25.7 Å². The zero-order valence-corrected chi connectivity index (χ0v) is 23.5. The maximum atomic E-state index is 14.1. The molecule has 7 nitrogen and oxygen atoms in total. The molecule has 198 valence electrons. The lowest BCUT2D eigenvalue weighted by Gasteiger charge is -2.37. The molecule has 0 heterocycles. The first-order chi connectivity index (χ1) is 16.2. The average Bonchev–Trinajstić information content (AvgIpc) is 2.70. The maximum absolute atomic E-state index is 14.1. The predicted molar refractivity (Wildman–Crippen MR) is 141 cm³/mol. The minimum absolute atomic E-state index is 0.0808. The molecule has 0 aromatic heterocycles. The van der Waals surface area contributed by atoms with Gasteiger partial charge in [-0.15, -0.1) is 0 Å². The smallest absolute Gasteiger partial charge is 0.408 e. The number of hydrogen-bond donors (Lipinski definition) is 2. The fraction of sp³-hybridized carbons (Fsp3) is 0.679. The van der Waals surface area contributed by atoms with Gasteiger partial charge < -0.3 is 20.3 Å². The van der Waals surface area contributed by atoms with Crippen molar-refractivity contribution in [1.29, 1.82) is 0 Å². The lowest BCUT2D eigenvalue weighted by molar-refractivity contribution is -0.143. The minimum atomic E-state index is -0.829. The van der Waals surface area contributed by atoms with Crippen LogP contribution in [-0.4, -0.2) is 47.0 Å². The summed E-state index contributed by atoms with van der Waals surface area (Å²) in [6, 6.07) is 4.17. The normalized spacial score (nSPS) is 13.4. The summed E-state index contributed by atoms with van der Waals surface area (Å²) in [6.07, 6.45) is 2.03. The molecular weight excluding hydrogens is 442 g/mol. The van der Waals surface area contributed by atoms with E-state index in [2.05, 4.69) is 17.6 Å². The van der Waals surface area contributed by atoms with Crippen LogP contribution in [0.5, 0.6) is 0 Å². The van der Waals surface area contributed by atoms with Crippen LogP contribution in [0.1, 0.15) is 97.4 Å². The number of benzene rings is 1. The number of nitrogens with one attached hydrogen (secondary N) is 2. The molecule has 0 saturated heterocycles. The van der Waals surface area contributed by atoms with Gasteiger partial charge in [-0.25, -0.2) is 4.79 Å². The summed E-state index contributed by atoms with van der Waals surface area (Å²) in [5.74, 6) is -0.703. The summed E-state index contributed by atoms with van der Waals surface area (Å²) in [4.78, 5) is 42.0. The third kappa shape index (κ3) is 9.54. The van der Waals surface area contributed by atoms with Crippen molar-refractivity contribution >= 4 is 17.9 Å². The quantitative estimate of drug-likeness (QED) is 0.405. The number of carbonyl (C=O) groups excluding carboxylic acids is 3. The molecule has 0 radical (unpaired) electrons. The van der Waals surface area contributed by atoms with E-state index in [0.717, 1.165) is 36.0 Å². The molecule has 7 heteroatoms. The summed E-state index contributed by atoms with van der Waals surface area (Å²) in [5, 5.41) is 5.79. The number of nitrogens with zero attached hydrogens (tertiary/aromatic N) is 1. The molecule has 2 atom stereocenters. The second-order valence-electron chi connectivity index (χ2n) is 11.0. The van der Waals surface area contributed by atoms with E-state index < -0.39 is 23.8 Å². The van der Waals surface area contributed by atoms with E-state index >= 15 is 0 Å². The lowest BCUT2D eigenvalue weighted by Crippen LogP contribution is -2.55. The molecule has 0 spiro atoms. The van der Waals surface area contributed by atoms with Gasteiger partial charge in [-0.3, -0.25) is 9.59 Å². The number of aryl methyl sites for hydroxylation is 2. The van der Waals surface area contributed by atoms with Crippen LogP contribution in [0.15, 0.2) is 18.2 Å². The first-order valence-corrected chi connectivity index (χ1v) is 12.9. The van der Waals surface area contributed by atoms with Gasteiger partial charge in [0.1, 0.15) is 17.7 Å². The first-order valence-electron chi connectivity index (χ1n) is 12.9. The number of ether oxygens (including phenoxy) is 1. The van der Waals surface area contributed by atoms with Gasteiger partial charge in [0, 0.05) is 12.6 Å². The summed E-state index contributed by atoms with van der Waals surface area (Å²) < 4.78 is 5.43. The number of hydrogen-bond acceptors (Lipinski definition) is 4. The van der Waals surface area contributed by atoms with Crippen LogP contribution in [0.2, 0.25) is 0 Å². The highest BCUT2D eigenvalue weighted by Crippen LogP contribution is 2.30. The number of amides is 3. The standard InChI is InChI=1S/C28H47N3O4/c1-11-12-13-17-31(26(33)23(18(2)3)30-27(34)35-28(8,9)10)24(25(32)29-19(4)5)22-20(6)15-14-16-21(22)7/h14-16,18-19,23-24H,11-13,17H2,1-10H3,(H,29,32)(H,30,34). The van der Waals surface area contributed by atoms with Crippen molar-refractivity contribution < 1.29 is 19.1 Å². The van der Waals surface area contributed by atoms with Crippen LogP contribution in [0.3, 0.4) is 0 Å². The second kappa shape index (κ2) is 13.5. The third-order valence-corrected chi connectivity index (χ3v) is 5.70. The molecule has 35 heavy (non-hydrogen) atoms. The van der Waals surface area contributed by atoms with Crippen LogP contribution in [0.4, 0.5) is 4.79 Å². The van der Waals surface area contributed by atoms with Crippen molar-refractivity contribution in [1.82, 2.24) is 15.5 Å². The Bertz CT molecular complexity index is 838. The highest BCUT2D eigenvalue weighted by molar-refractivity contribution is 5.92. The van der Waals surface area contributed by atoms with Crippen molar-refractivity contribution in [2.45, 2.75) is 112 Å². The Morgan fingerprint density at radius 3 is 2.00 bits per heavy atom. The van der Waals surface area contributed by atoms with Gasteiger partial charge in [0.05, 0.1) is 0 Å². The van der Waals surface area contributed by atoms with Crippen LogP contribution in [0, 0.1) is 19.8 Å². The Balaban J connectivity index is 3.55. The van der Waals surface area contributed by atoms with Crippen LogP contribution in [-0.2, 0) is 14.3 Å². The summed E-state index contributed by atoms with van der Waals surface area (Å²) in [7, 11) is 0. The molecule has 1 aromatic carbocycles. The van der Waals surface area contributed by atoms with Gasteiger partial charge in [0.2, 0.25) is 11.8 Å². The predicted octanol–water partition coefficient (Wildman–Crippen LogP) is 5.44. The van der Waals surface area contributed by atoms with Crippen LogP contribution in [0.25, 0.3) is 0 Å². The number of unbranched alkanes of at least 4 members (excludes halogenated alkanes) is 2. The van der Waals surface area contributed by atoms with Gasteiger partial charge in [-0.05, 0) is 77.5 Å². The van der Waals surface area contributed by atoms with E-state index in [0.29, 0.717) is 6.54 Å². The Labute approximate surface area is 212 Å². The van der Waals surface area contributed by atoms with E-state index in [-0.39, 0.29) is 23.8 Å². The molecule has 1 rings (SSSR count). The fourth-order valence-corrected chi connectivity index (χ4v) is 4.08. The van der Waals surface area contributed by atoms with Gasteiger partial charge in [0.25, 0.3) is 0 Å². The summed E-state index contributed by atoms with van der Waals surface area (Å²) >= 11 is 0. The zero-order chi connectivity index (χ0) is 26.9. The van der Waals surface area contributed by atoms with E-state index in [9.17, 15) is 14.4 Å². The third-order valence-electron chi connectivity index (χ3n) is 5.70. The van der Waals surface area contributed by atoms with E-state index in [1.165, 1.54) is 0 Å². The van der Waals surface area contributed by atoms with Crippen LogP contribution >= 0.6 is 0 Å². The number of carbonyl (C=O) groups is 3. The van der Waals surface area contributed by atoms with Crippen molar-refractivity contribution in [3.05, 3.63) is 34.9 Å². The first kappa shape index (κ1) is 30.5. The molecule has 2 N–H and O–H groups in total. The highest BCUT2D eigenvalue weighted by Gasteiger charge is 2.38. The van der Waals surface area contributed by atoms with Crippen LogP contribution < -0.4 is 10.6 Å². The number of rotatable bonds is 11. The molecule has 0 fully saturated rings.